The fraction of sp³-hybridized carbons (Fsp3) is 0.333. The van der Waals surface area contributed by atoms with Gasteiger partial charge in [0, 0.05) is 6.20 Å². The van der Waals surface area contributed by atoms with Crippen molar-refractivity contribution in [2.45, 2.75) is 19.3 Å². The van der Waals surface area contributed by atoms with E-state index in [1.54, 1.807) is 6.20 Å². The molecule has 0 fully saturated rings. The zero-order chi connectivity index (χ0) is 8.10. The molecule has 0 aliphatic heterocycles. The Hall–Kier alpha value is -1.36. The Morgan fingerprint density at radius 1 is 1.64 bits per heavy atom. The second-order valence-corrected chi connectivity index (χ2v) is 2.34. The summed E-state index contributed by atoms with van der Waals surface area (Å²) >= 11 is 0. The van der Waals surface area contributed by atoms with Crippen LogP contribution >= 0.6 is 0 Å². The van der Waals surface area contributed by atoms with Gasteiger partial charge in [0.25, 0.3) is 0 Å². The maximum absolute atomic E-state index is 8.69. The van der Waals surface area contributed by atoms with E-state index in [1.807, 2.05) is 25.1 Å². The first-order chi connectivity index (χ1) is 5.38. The second-order valence-electron chi connectivity index (χ2n) is 2.34. The van der Waals surface area contributed by atoms with Crippen molar-refractivity contribution in [2.24, 2.45) is 0 Å². The van der Waals surface area contributed by atoms with E-state index >= 15 is 0 Å². The molecule has 1 atom stereocenters. The molecule has 0 aliphatic rings. The van der Waals surface area contributed by atoms with E-state index in [1.165, 1.54) is 0 Å². The van der Waals surface area contributed by atoms with E-state index in [0.29, 0.717) is 0 Å². The van der Waals surface area contributed by atoms with Crippen molar-refractivity contribution < 1.29 is 0 Å². The maximum atomic E-state index is 8.69. The van der Waals surface area contributed by atoms with Gasteiger partial charge in [-0.15, -0.1) is 0 Å². The molecule has 11 heavy (non-hydrogen) atoms. The highest BCUT2D eigenvalue weighted by molar-refractivity contribution is 5.15. The summed E-state index contributed by atoms with van der Waals surface area (Å²) in [5.74, 6) is -0.0452. The van der Waals surface area contributed by atoms with Crippen molar-refractivity contribution >= 4 is 0 Å². The Bertz CT molecular complexity index is 248. The molecule has 56 valence electrons. The molecule has 0 spiro atoms. The minimum atomic E-state index is -0.0452. The molecule has 1 aromatic heterocycles. The zero-order valence-electron chi connectivity index (χ0n) is 6.49. The smallest absolute Gasteiger partial charge is 0.0882 e. The first kappa shape index (κ1) is 7.74. The fourth-order valence-electron chi connectivity index (χ4n) is 0.949. The number of hydrogen-bond donors (Lipinski definition) is 0. The fourth-order valence-corrected chi connectivity index (χ4v) is 0.949. The van der Waals surface area contributed by atoms with E-state index in [2.05, 4.69) is 11.1 Å². The average molecular weight is 146 g/mol. The molecule has 1 unspecified atom stereocenters. The van der Waals surface area contributed by atoms with Crippen LogP contribution in [0.1, 0.15) is 25.0 Å². The molecule has 0 aromatic carbocycles. The van der Waals surface area contributed by atoms with Crippen molar-refractivity contribution in [3.05, 3.63) is 30.1 Å². The number of nitrogens with zero attached hydrogens (tertiary/aromatic N) is 2. The van der Waals surface area contributed by atoms with E-state index < -0.39 is 0 Å². The molecule has 2 nitrogen and oxygen atoms in total. The van der Waals surface area contributed by atoms with Gasteiger partial charge in [-0.1, -0.05) is 13.0 Å². The molecule has 2 heteroatoms. The van der Waals surface area contributed by atoms with Gasteiger partial charge in [-0.05, 0) is 18.6 Å². The Kier molecular flexibility index (Phi) is 2.62. The van der Waals surface area contributed by atoms with Crippen LogP contribution in [0.25, 0.3) is 0 Å². The van der Waals surface area contributed by atoms with Crippen molar-refractivity contribution in [3.63, 3.8) is 0 Å². The highest BCUT2D eigenvalue weighted by Crippen LogP contribution is 2.14. The average Bonchev–Trinajstić information content (AvgIpc) is 2.09. The zero-order valence-corrected chi connectivity index (χ0v) is 6.49. The number of aromatic nitrogens is 1. The van der Waals surface area contributed by atoms with E-state index in [-0.39, 0.29) is 5.92 Å². The van der Waals surface area contributed by atoms with Crippen LogP contribution in [0, 0.1) is 11.3 Å². The van der Waals surface area contributed by atoms with Crippen LogP contribution in [-0.2, 0) is 0 Å². The van der Waals surface area contributed by atoms with Gasteiger partial charge in [0.15, 0.2) is 0 Å². The number of nitriles is 1. The number of pyridine rings is 1. The first-order valence-corrected chi connectivity index (χ1v) is 3.69. The highest BCUT2D eigenvalue weighted by Gasteiger charge is 2.06. The first-order valence-electron chi connectivity index (χ1n) is 3.69. The maximum Gasteiger partial charge on any atom is 0.0882 e. The molecule has 0 amide bonds. The molecule has 1 rings (SSSR count). The van der Waals surface area contributed by atoms with Crippen LogP contribution in [0.5, 0.6) is 0 Å². The molecule has 0 aliphatic carbocycles. The predicted octanol–water partition coefficient (Wildman–Crippen LogP) is 2.10. The topological polar surface area (TPSA) is 36.7 Å². The van der Waals surface area contributed by atoms with Crippen LogP contribution in [0.4, 0.5) is 0 Å². The number of rotatable bonds is 2. The van der Waals surface area contributed by atoms with Gasteiger partial charge in [0.1, 0.15) is 0 Å². The molecule has 1 aromatic rings. The monoisotopic (exact) mass is 146 g/mol. The van der Waals surface area contributed by atoms with Crippen LogP contribution in [-0.4, -0.2) is 4.98 Å². The van der Waals surface area contributed by atoms with E-state index in [4.69, 9.17) is 5.26 Å². The van der Waals surface area contributed by atoms with Crippen molar-refractivity contribution in [1.29, 1.82) is 5.26 Å². The Morgan fingerprint density at radius 3 is 2.91 bits per heavy atom. The summed E-state index contributed by atoms with van der Waals surface area (Å²) in [4.78, 5) is 4.10. The third-order valence-corrected chi connectivity index (χ3v) is 1.61. The van der Waals surface area contributed by atoms with Crippen molar-refractivity contribution in [2.75, 3.05) is 0 Å². The van der Waals surface area contributed by atoms with Gasteiger partial charge >= 0.3 is 0 Å². The SMILES string of the molecule is CCC(C#N)c1ccccn1. The van der Waals surface area contributed by atoms with Gasteiger partial charge in [-0.3, -0.25) is 4.98 Å². The summed E-state index contributed by atoms with van der Waals surface area (Å²) in [5, 5.41) is 8.69. The predicted molar refractivity (Wildman–Crippen MR) is 42.9 cm³/mol. The van der Waals surface area contributed by atoms with Crippen LogP contribution in [0.2, 0.25) is 0 Å². The Labute approximate surface area is 66.5 Å². The quantitative estimate of drug-likeness (QED) is 0.640. The summed E-state index contributed by atoms with van der Waals surface area (Å²) in [6.07, 6.45) is 2.54. The largest absolute Gasteiger partial charge is 0.260 e. The summed E-state index contributed by atoms with van der Waals surface area (Å²) < 4.78 is 0. The summed E-state index contributed by atoms with van der Waals surface area (Å²) in [6.45, 7) is 1.99. The third kappa shape index (κ3) is 1.78. The lowest BCUT2D eigenvalue weighted by molar-refractivity contribution is 0.787. The van der Waals surface area contributed by atoms with Crippen molar-refractivity contribution in [1.82, 2.24) is 4.98 Å². The van der Waals surface area contributed by atoms with Crippen molar-refractivity contribution in [3.8, 4) is 6.07 Å². The van der Waals surface area contributed by atoms with Crippen LogP contribution < -0.4 is 0 Å². The lowest BCUT2D eigenvalue weighted by atomic mass is 10.0. The third-order valence-electron chi connectivity index (χ3n) is 1.61. The molecular weight excluding hydrogens is 136 g/mol. The van der Waals surface area contributed by atoms with Gasteiger partial charge in [-0.2, -0.15) is 5.26 Å². The minimum absolute atomic E-state index is 0.0452. The lowest BCUT2D eigenvalue weighted by Gasteiger charge is -2.02. The van der Waals surface area contributed by atoms with Gasteiger partial charge in [0.2, 0.25) is 0 Å². The molecule has 0 bridgehead atoms. The normalized spacial score (nSPS) is 12.0. The van der Waals surface area contributed by atoms with Crippen LogP contribution in [0.3, 0.4) is 0 Å². The molecule has 0 saturated heterocycles. The Balaban J connectivity index is 2.85. The van der Waals surface area contributed by atoms with Gasteiger partial charge in [-0.25, -0.2) is 0 Å². The molecule has 0 radical (unpaired) electrons. The highest BCUT2D eigenvalue weighted by atomic mass is 14.7. The van der Waals surface area contributed by atoms with E-state index in [9.17, 15) is 0 Å². The van der Waals surface area contributed by atoms with Crippen LogP contribution in [0.15, 0.2) is 24.4 Å². The molecular formula is C9H10N2. The Morgan fingerprint density at radius 2 is 2.45 bits per heavy atom. The molecule has 0 N–H and O–H groups in total. The second kappa shape index (κ2) is 3.72. The standard InChI is InChI=1S/C9H10N2/c1-2-8(7-10)9-5-3-4-6-11-9/h3-6,8H,2H2,1H3. The lowest BCUT2D eigenvalue weighted by Crippen LogP contribution is -1.95. The number of hydrogen-bond acceptors (Lipinski definition) is 2. The summed E-state index contributed by atoms with van der Waals surface area (Å²) in [7, 11) is 0. The summed E-state index contributed by atoms with van der Waals surface area (Å²) in [6, 6.07) is 7.85. The van der Waals surface area contributed by atoms with Gasteiger partial charge in [0.05, 0.1) is 17.7 Å². The minimum Gasteiger partial charge on any atom is -0.260 e. The van der Waals surface area contributed by atoms with E-state index in [0.717, 1.165) is 12.1 Å². The molecule has 0 saturated carbocycles. The summed E-state index contributed by atoms with van der Waals surface area (Å²) in [5.41, 5.74) is 0.873. The molecule has 1 heterocycles. The van der Waals surface area contributed by atoms with Gasteiger partial charge < -0.3 is 0 Å².